The third-order valence-corrected chi connectivity index (χ3v) is 2.92. The van der Waals surface area contributed by atoms with Gasteiger partial charge in [0.05, 0.1) is 7.11 Å². The molecule has 0 unspecified atom stereocenters. The number of rotatable bonds is 5. The number of nitrogens with zero attached hydrogens (tertiary/aromatic N) is 2. The average molecular weight is 308 g/mol. The van der Waals surface area contributed by atoms with Crippen LogP contribution in [0.2, 0.25) is 0 Å². The van der Waals surface area contributed by atoms with Crippen molar-refractivity contribution in [3.63, 3.8) is 0 Å². The Kier molecular flexibility index (Phi) is 4.59. The van der Waals surface area contributed by atoms with Crippen LogP contribution in [0.15, 0.2) is 23.0 Å². The van der Waals surface area contributed by atoms with Crippen molar-refractivity contribution in [1.29, 1.82) is 0 Å². The molecule has 7 nitrogen and oxygen atoms in total. The highest BCUT2D eigenvalue weighted by Gasteiger charge is 2.16. The maximum atomic E-state index is 13.5. The highest BCUT2D eigenvalue weighted by atomic mass is 19.1. The summed E-state index contributed by atoms with van der Waals surface area (Å²) < 4.78 is 19.6. The van der Waals surface area contributed by atoms with Gasteiger partial charge in [0, 0.05) is 11.6 Å². The van der Waals surface area contributed by atoms with Crippen molar-refractivity contribution in [1.82, 2.24) is 20.1 Å². The minimum absolute atomic E-state index is 0.0335. The average Bonchev–Trinajstić information content (AvgIpc) is 2.80. The minimum Gasteiger partial charge on any atom is -0.494 e. The van der Waals surface area contributed by atoms with Gasteiger partial charge >= 0.3 is 5.69 Å². The van der Waals surface area contributed by atoms with E-state index in [-0.39, 0.29) is 30.1 Å². The largest absolute Gasteiger partial charge is 0.494 e. The third-order valence-electron chi connectivity index (χ3n) is 2.92. The summed E-state index contributed by atoms with van der Waals surface area (Å²) in [6.45, 7) is 3.46. The van der Waals surface area contributed by atoms with E-state index < -0.39 is 11.5 Å². The maximum absolute atomic E-state index is 13.5. The van der Waals surface area contributed by atoms with E-state index >= 15 is 0 Å². The number of methoxy groups -OCH3 is 1. The fourth-order valence-corrected chi connectivity index (χ4v) is 1.99. The molecule has 0 bridgehead atoms. The number of hydrogen-bond donors (Lipinski definition) is 2. The molecule has 0 saturated heterocycles. The molecule has 0 aliphatic carbocycles. The molecule has 2 N–H and O–H groups in total. The first-order valence-electron chi connectivity index (χ1n) is 6.71. The number of H-pyrrole nitrogens is 1. The molecule has 118 valence electrons. The van der Waals surface area contributed by atoms with Crippen LogP contribution < -0.4 is 15.7 Å². The molecule has 8 heteroatoms. The Balaban J connectivity index is 2.37. The monoisotopic (exact) mass is 308 g/mol. The van der Waals surface area contributed by atoms with Crippen LogP contribution in [0.4, 0.5) is 4.39 Å². The van der Waals surface area contributed by atoms with E-state index in [0.29, 0.717) is 5.56 Å². The first kappa shape index (κ1) is 15.7. The first-order valence-corrected chi connectivity index (χ1v) is 6.71. The highest BCUT2D eigenvalue weighted by molar-refractivity contribution is 5.76. The van der Waals surface area contributed by atoms with E-state index in [1.54, 1.807) is 0 Å². The second-order valence-electron chi connectivity index (χ2n) is 5.01. The summed E-state index contributed by atoms with van der Waals surface area (Å²) in [5.41, 5.74) is -0.0499. The Labute approximate surface area is 126 Å². The van der Waals surface area contributed by atoms with Gasteiger partial charge in [0.2, 0.25) is 5.91 Å². The van der Waals surface area contributed by atoms with Gasteiger partial charge in [-0.15, -0.1) is 0 Å². The number of aromatic amines is 1. The predicted octanol–water partition coefficient (Wildman–Crippen LogP) is 0.911. The van der Waals surface area contributed by atoms with E-state index in [1.165, 1.54) is 29.9 Å². The van der Waals surface area contributed by atoms with Gasteiger partial charge in [-0.25, -0.2) is 14.3 Å². The molecule has 1 amide bonds. The normalized spacial score (nSPS) is 10.8. The summed E-state index contributed by atoms with van der Waals surface area (Å²) in [6, 6.07) is 4.06. The van der Waals surface area contributed by atoms with Crippen molar-refractivity contribution in [2.45, 2.75) is 26.4 Å². The Morgan fingerprint density at radius 3 is 2.86 bits per heavy atom. The van der Waals surface area contributed by atoms with Crippen molar-refractivity contribution in [2.75, 3.05) is 7.11 Å². The first-order chi connectivity index (χ1) is 10.4. The van der Waals surface area contributed by atoms with Crippen LogP contribution >= 0.6 is 0 Å². The van der Waals surface area contributed by atoms with E-state index in [0.717, 1.165) is 0 Å². The standard InChI is InChI=1S/C14H17FN4O3/c1-8(2)16-12(20)7-19-13(17-18-14(19)21)9-4-5-10(15)11(6-9)22-3/h4-6,8H,7H2,1-3H3,(H,16,20)(H,18,21). The zero-order valence-corrected chi connectivity index (χ0v) is 12.5. The number of hydrogen-bond acceptors (Lipinski definition) is 4. The Morgan fingerprint density at radius 2 is 2.23 bits per heavy atom. The lowest BCUT2D eigenvalue weighted by atomic mass is 10.2. The summed E-state index contributed by atoms with van der Waals surface area (Å²) in [4.78, 5) is 23.7. The molecule has 1 aromatic heterocycles. The molecule has 0 atom stereocenters. The van der Waals surface area contributed by atoms with Gasteiger partial charge in [-0.05, 0) is 32.0 Å². The summed E-state index contributed by atoms with van der Waals surface area (Å²) in [6.07, 6.45) is 0. The van der Waals surface area contributed by atoms with Gasteiger partial charge < -0.3 is 10.1 Å². The SMILES string of the molecule is COc1cc(-c2n[nH]c(=O)n2CC(=O)NC(C)C)ccc1F. The molecule has 0 radical (unpaired) electrons. The van der Waals surface area contributed by atoms with Gasteiger partial charge in [-0.2, -0.15) is 5.10 Å². The molecule has 22 heavy (non-hydrogen) atoms. The summed E-state index contributed by atoms with van der Waals surface area (Å²) in [5.74, 6) is -0.560. The number of benzene rings is 1. The molecule has 0 aliphatic rings. The molecule has 0 fully saturated rings. The fourth-order valence-electron chi connectivity index (χ4n) is 1.99. The zero-order valence-electron chi connectivity index (χ0n) is 12.5. The lowest BCUT2D eigenvalue weighted by molar-refractivity contribution is -0.122. The summed E-state index contributed by atoms with van der Waals surface area (Å²) >= 11 is 0. The number of halogens is 1. The molecular weight excluding hydrogens is 291 g/mol. The van der Waals surface area contributed by atoms with Crippen molar-refractivity contribution >= 4 is 5.91 Å². The molecule has 1 heterocycles. The smallest absolute Gasteiger partial charge is 0.344 e. The van der Waals surface area contributed by atoms with Gasteiger partial charge in [-0.3, -0.25) is 9.36 Å². The molecule has 1 aromatic carbocycles. The number of amides is 1. The van der Waals surface area contributed by atoms with Crippen molar-refractivity contribution in [2.24, 2.45) is 0 Å². The molecule has 2 aromatic rings. The third kappa shape index (κ3) is 3.33. The number of ether oxygens (including phenoxy) is 1. The Hall–Kier alpha value is -2.64. The van der Waals surface area contributed by atoms with Crippen LogP contribution in [-0.2, 0) is 11.3 Å². The van der Waals surface area contributed by atoms with Crippen LogP contribution in [0.1, 0.15) is 13.8 Å². The number of aromatic nitrogens is 3. The van der Waals surface area contributed by atoms with E-state index in [1.807, 2.05) is 13.8 Å². The molecule has 0 spiro atoms. The zero-order chi connectivity index (χ0) is 16.3. The Morgan fingerprint density at radius 1 is 1.50 bits per heavy atom. The van der Waals surface area contributed by atoms with Crippen molar-refractivity contribution < 1.29 is 13.9 Å². The van der Waals surface area contributed by atoms with Crippen molar-refractivity contribution in [3.05, 3.63) is 34.5 Å². The molecule has 0 saturated carbocycles. The molecule has 0 aliphatic heterocycles. The van der Waals surface area contributed by atoms with E-state index in [9.17, 15) is 14.0 Å². The van der Waals surface area contributed by atoms with Gasteiger partial charge in [0.15, 0.2) is 17.4 Å². The van der Waals surface area contributed by atoms with Crippen LogP contribution in [0, 0.1) is 5.82 Å². The number of carbonyl (C=O) groups is 1. The molecular formula is C14H17FN4O3. The van der Waals surface area contributed by atoms with E-state index in [2.05, 4.69) is 15.5 Å². The Bertz CT molecular complexity index is 736. The van der Waals surface area contributed by atoms with Crippen LogP contribution in [-0.4, -0.2) is 33.8 Å². The van der Waals surface area contributed by atoms with Gasteiger partial charge in [-0.1, -0.05) is 0 Å². The maximum Gasteiger partial charge on any atom is 0.344 e. The number of nitrogens with one attached hydrogen (secondary N) is 2. The lowest BCUT2D eigenvalue weighted by Crippen LogP contribution is -2.35. The van der Waals surface area contributed by atoms with Gasteiger partial charge in [0.1, 0.15) is 6.54 Å². The minimum atomic E-state index is -0.520. The predicted molar refractivity (Wildman–Crippen MR) is 78.1 cm³/mol. The van der Waals surface area contributed by atoms with Crippen LogP contribution in [0.3, 0.4) is 0 Å². The summed E-state index contributed by atoms with van der Waals surface area (Å²) in [7, 11) is 1.34. The second-order valence-corrected chi connectivity index (χ2v) is 5.01. The van der Waals surface area contributed by atoms with Gasteiger partial charge in [0.25, 0.3) is 0 Å². The van der Waals surface area contributed by atoms with Crippen LogP contribution in [0.25, 0.3) is 11.4 Å². The van der Waals surface area contributed by atoms with Crippen LogP contribution in [0.5, 0.6) is 5.75 Å². The topological polar surface area (TPSA) is 89.0 Å². The quantitative estimate of drug-likeness (QED) is 0.859. The van der Waals surface area contributed by atoms with E-state index in [4.69, 9.17) is 4.74 Å². The summed E-state index contributed by atoms with van der Waals surface area (Å²) in [5, 5.41) is 8.87. The molecule has 2 rings (SSSR count). The number of carbonyl (C=O) groups excluding carboxylic acids is 1. The lowest BCUT2D eigenvalue weighted by Gasteiger charge is -2.10. The van der Waals surface area contributed by atoms with Crippen molar-refractivity contribution in [3.8, 4) is 17.1 Å². The second kappa shape index (κ2) is 6.42. The fraction of sp³-hybridized carbons (Fsp3) is 0.357. The highest BCUT2D eigenvalue weighted by Crippen LogP contribution is 2.24.